The molecule has 4 rings (SSSR count). The Bertz CT molecular complexity index is 1580. The number of imidazole rings is 1. The number of ketones is 1. The molecule has 9 nitrogen and oxygen atoms in total. The fourth-order valence-corrected chi connectivity index (χ4v) is 4.16. The van der Waals surface area contributed by atoms with Crippen LogP contribution in [0.15, 0.2) is 69.4 Å². The van der Waals surface area contributed by atoms with Gasteiger partial charge < -0.3 is 10.3 Å². The van der Waals surface area contributed by atoms with Gasteiger partial charge >= 0.3 is 5.69 Å². The highest BCUT2D eigenvalue weighted by atomic mass is 35.5. The minimum absolute atomic E-state index is 0.0232. The number of hydrogen-bond donors (Lipinski definition) is 2. The van der Waals surface area contributed by atoms with Crippen molar-refractivity contribution in [2.24, 2.45) is 14.1 Å². The molecule has 0 fully saturated rings. The Kier molecular flexibility index (Phi) is 7.04. The largest absolute Gasteiger partial charge is 0.332 e. The molecular formula is C24H20ClN5O4S. The molecule has 0 saturated heterocycles. The number of nitrogens with one attached hydrogen (secondary N) is 2. The molecule has 0 atom stereocenters. The SMILES string of the molecule is Cn1c(=O)c2[nH]c(SCC(=O)Nc3ccc(C(=O)/C=C/c4ccccc4Cl)cc3)nc2n(C)c1=O. The minimum Gasteiger partial charge on any atom is -0.327 e. The number of halogens is 1. The van der Waals surface area contributed by atoms with Crippen LogP contribution in [0.25, 0.3) is 17.2 Å². The summed E-state index contributed by atoms with van der Waals surface area (Å²) in [6.07, 6.45) is 3.10. The summed E-state index contributed by atoms with van der Waals surface area (Å²) in [5.74, 6) is -0.464. The molecule has 11 heteroatoms. The summed E-state index contributed by atoms with van der Waals surface area (Å²) < 4.78 is 2.26. The average molecular weight is 510 g/mol. The zero-order valence-electron chi connectivity index (χ0n) is 18.7. The molecule has 2 heterocycles. The number of nitrogens with zero attached hydrogens (tertiary/aromatic N) is 3. The molecule has 4 aromatic rings. The van der Waals surface area contributed by atoms with Gasteiger partial charge in [0.25, 0.3) is 5.56 Å². The number of aromatic nitrogens is 4. The van der Waals surface area contributed by atoms with E-state index in [1.165, 1.54) is 24.7 Å². The van der Waals surface area contributed by atoms with Crippen molar-refractivity contribution in [1.82, 2.24) is 19.1 Å². The summed E-state index contributed by atoms with van der Waals surface area (Å²) in [5, 5.41) is 3.65. The number of rotatable bonds is 7. The number of fused-ring (bicyclic) bond motifs is 1. The summed E-state index contributed by atoms with van der Waals surface area (Å²) in [4.78, 5) is 56.2. The fraction of sp³-hybridized carbons (Fsp3) is 0.125. The molecule has 35 heavy (non-hydrogen) atoms. The van der Waals surface area contributed by atoms with Gasteiger partial charge in [-0.05, 0) is 48.0 Å². The molecule has 2 aromatic heterocycles. The normalized spacial score (nSPS) is 11.3. The van der Waals surface area contributed by atoms with E-state index in [1.54, 1.807) is 36.4 Å². The van der Waals surface area contributed by atoms with Gasteiger partial charge in [-0.1, -0.05) is 41.6 Å². The smallest absolute Gasteiger partial charge is 0.327 e. The monoisotopic (exact) mass is 509 g/mol. The van der Waals surface area contributed by atoms with Crippen LogP contribution >= 0.6 is 23.4 Å². The maximum Gasteiger partial charge on any atom is 0.332 e. The van der Waals surface area contributed by atoms with Gasteiger partial charge in [0.15, 0.2) is 22.1 Å². The molecule has 0 saturated carbocycles. The number of carbonyl (C=O) groups is 2. The number of aryl methyl sites for hydroxylation is 1. The van der Waals surface area contributed by atoms with Crippen molar-refractivity contribution in [3.8, 4) is 0 Å². The first-order chi connectivity index (χ1) is 16.7. The summed E-state index contributed by atoms with van der Waals surface area (Å²) in [6.45, 7) is 0. The van der Waals surface area contributed by atoms with Crippen LogP contribution in [0, 0.1) is 0 Å². The molecule has 1 amide bonds. The van der Waals surface area contributed by atoms with Gasteiger partial charge in [0.2, 0.25) is 5.91 Å². The van der Waals surface area contributed by atoms with Gasteiger partial charge in [-0.3, -0.25) is 23.5 Å². The molecule has 178 valence electrons. The van der Waals surface area contributed by atoms with Crippen LogP contribution in [0.2, 0.25) is 5.02 Å². The van der Waals surface area contributed by atoms with Crippen LogP contribution in [0.1, 0.15) is 15.9 Å². The van der Waals surface area contributed by atoms with Crippen LogP contribution in [-0.2, 0) is 18.9 Å². The Morgan fingerprint density at radius 2 is 1.80 bits per heavy atom. The fourth-order valence-electron chi connectivity index (χ4n) is 3.29. The number of allylic oxidation sites excluding steroid dienone is 1. The number of aromatic amines is 1. The van der Waals surface area contributed by atoms with Crippen LogP contribution in [0.5, 0.6) is 0 Å². The molecule has 0 aliphatic carbocycles. The van der Waals surface area contributed by atoms with E-state index in [2.05, 4.69) is 15.3 Å². The van der Waals surface area contributed by atoms with Crippen LogP contribution in [0.4, 0.5) is 5.69 Å². The lowest BCUT2D eigenvalue weighted by Gasteiger charge is -2.05. The van der Waals surface area contributed by atoms with Gasteiger partial charge in [-0.25, -0.2) is 9.78 Å². The van der Waals surface area contributed by atoms with Crippen molar-refractivity contribution in [3.63, 3.8) is 0 Å². The molecule has 2 N–H and O–H groups in total. The van der Waals surface area contributed by atoms with Crippen molar-refractivity contribution in [3.05, 3.63) is 91.6 Å². The lowest BCUT2D eigenvalue weighted by Crippen LogP contribution is -2.36. The Morgan fingerprint density at radius 1 is 1.09 bits per heavy atom. The van der Waals surface area contributed by atoms with E-state index in [4.69, 9.17) is 11.6 Å². The number of anilines is 1. The highest BCUT2D eigenvalue weighted by Crippen LogP contribution is 2.19. The lowest BCUT2D eigenvalue weighted by molar-refractivity contribution is -0.113. The highest BCUT2D eigenvalue weighted by molar-refractivity contribution is 7.99. The van der Waals surface area contributed by atoms with Crippen molar-refractivity contribution in [1.29, 1.82) is 0 Å². The van der Waals surface area contributed by atoms with E-state index in [0.717, 1.165) is 21.9 Å². The van der Waals surface area contributed by atoms with Crippen molar-refractivity contribution >= 4 is 58.0 Å². The van der Waals surface area contributed by atoms with E-state index in [9.17, 15) is 19.2 Å². The summed E-state index contributed by atoms with van der Waals surface area (Å²) in [6, 6.07) is 13.7. The maximum atomic E-state index is 12.4. The molecule has 0 spiro atoms. The number of thioether (sulfide) groups is 1. The molecule has 2 aromatic carbocycles. The van der Waals surface area contributed by atoms with E-state index in [1.807, 2.05) is 18.2 Å². The van der Waals surface area contributed by atoms with Crippen LogP contribution in [0.3, 0.4) is 0 Å². The number of amides is 1. The van der Waals surface area contributed by atoms with Crippen molar-refractivity contribution in [2.45, 2.75) is 5.16 Å². The lowest BCUT2D eigenvalue weighted by atomic mass is 10.1. The van der Waals surface area contributed by atoms with Gasteiger partial charge in [0.1, 0.15) is 0 Å². The third-order valence-corrected chi connectivity index (χ3v) is 6.40. The van der Waals surface area contributed by atoms with E-state index >= 15 is 0 Å². The average Bonchev–Trinajstić information content (AvgIpc) is 3.29. The Balaban J connectivity index is 1.37. The van der Waals surface area contributed by atoms with Crippen molar-refractivity contribution < 1.29 is 9.59 Å². The summed E-state index contributed by atoms with van der Waals surface area (Å²) in [7, 11) is 2.91. The van der Waals surface area contributed by atoms with Crippen LogP contribution in [-0.4, -0.2) is 36.5 Å². The maximum absolute atomic E-state index is 12.4. The van der Waals surface area contributed by atoms with E-state index in [0.29, 0.717) is 21.4 Å². The molecule has 0 unspecified atom stereocenters. The number of carbonyl (C=O) groups excluding carboxylic acids is 2. The molecule has 0 aliphatic heterocycles. The van der Waals surface area contributed by atoms with Crippen LogP contribution < -0.4 is 16.6 Å². The first-order valence-corrected chi connectivity index (χ1v) is 11.8. The van der Waals surface area contributed by atoms with E-state index < -0.39 is 11.2 Å². The number of H-pyrrole nitrogens is 1. The second-order valence-electron chi connectivity index (χ2n) is 7.58. The molecular weight excluding hydrogens is 490 g/mol. The third-order valence-electron chi connectivity index (χ3n) is 5.19. The second-order valence-corrected chi connectivity index (χ2v) is 8.95. The first kappa shape index (κ1) is 24.2. The Morgan fingerprint density at radius 3 is 2.51 bits per heavy atom. The predicted molar refractivity (Wildman–Crippen MR) is 137 cm³/mol. The molecule has 0 radical (unpaired) electrons. The minimum atomic E-state index is -0.483. The Hall–Kier alpha value is -3.89. The van der Waals surface area contributed by atoms with E-state index in [-0.39, 0.29) is 28.6 Å². The molecule has 0 bridgehead atoms. The standard InChI is InChI=1S/C24H20ClN5O4S/c1-29-21-20(22(33)30(2)24(29)34)27-23(28-21)35-13-19(32)26-16-10-7-15(8-11-16)18(31)12-9-14-5-3-4-6-17(14)25/h3-12H,13H2,1-2H3,(H,26,32)(H,27,28)/b12-9+. The number of hydrogen-bond acceptors (Lipinski definition) is 6. The topological polar surface area (TPSA) is 119 Å². The quantitative estimate of drug-likeness (QED) is 0.224. The first-order valence-electron chi connectivity index (χ1n) is 10.4. The van der Waals surface area contributed by atoms with Gasteiger partial charge in [0, 0.05) is 30.4 Å². The zero-order valence-corrected chi connectivity index (χ0v) is 20.3. The van der Waals surface area contributed by atoms with Gasteiger partial charge in [-0.2, -0.15) is 0 Å². The Labute approximate surface area is 208 Å². The molecule has 0 aliphatic rings. The zero-order chi connectivity index (χ0) is 25.1. The van der Waals surface area contributed by atoms with Gasteiger partial charge in [0.05, 0.1) is 5.75 Å². The van der Waals surface area contributed by atoms with Crippen molar-refractivity contribution in [2.75, 3.05) is 11.1 Å². The summed E-state index contributed by atoms with van der Waals surface area (Å²) in [5.41, 5.74) is 1.20. The highest BCUT2D eigenvalue weighted by Gasteiger charge is 2.14. The predicted octanol–water partition coefficient (Wildman–Crippen LogP) is 3.24. The number of benzene rings is 2. The second kappa shape index (κ2) is 10.2. The van der Waals surface area contributed by atoms with Gasteiger partial charge in [-0.15, -0.1) is 0 Å². The third kappa shape index (κ3) is 5.28. The summed E-state index contributed by atoms with van der Waals surface area (Å²) >= 11 is 7.20.